The molecular weight excluding hydrogens is 352 g/mol. The molecule has 0 radical (unpaired) electrons. The predicted molar refractivity (Wildman–Crippen MR) is 110 cm³/mol. The van der Waals surface area contributed by atoms with Gasteiger partial charge < -0.3 is 15.0 Å². The fraction of sp³-hybridized carbons (Fsp3) is 0.391. The van der Waals surface area contributed by atoms with Crippen LogP contribution in [0.25, 0.3) is 11.1 Å². The van der Waals surface area contributed by atoms with Crippen LogP contribution in [-0.4, -0.2) is 48.1 Å². The molecule has 1 aliphatic rings. The summed E-state index contributed by atoms with van der Waals surface area (Å²) >= 11 is 0. The van der Waals surface area contributed by atoms with Crippen LogP contribution < -0.4 is 5.32 Å². The standard InChI is InChI=1S/C23H28N2O3/c1-17(2)24-22(27)23(16-25(18(3)26)12-13-28-23)15-19-8-7-11-21(14-19)20-9-5-4-6-10-20/h4-11,14,17H,12-13,15-16H2,1-3H3,(H,24,27)/t23-/m0/s1. The number of amides is 2. The van der Waals surface area contributed by atoms with Crippen molar-refractivity contribution in [2.24, 2.45) is 0 Å². The Balaban J connectivity index is 1.91. The van der Waals surface area contributed by atoms with Crippen LogP contribution in [0, 0.1) is 0 Å². The van der Waals surface area contributed by atoms with Crippen LogP contribution in [0.3, 0.4) is 0 Å². The van der Waals surface area contributed by atoms with Crippen LogP contribution >= 0.6 is 0 Å². The normalized spacial score (nSPS) is 19.5. The fourth-order valence-electron chi connectivity index (χ4n) is 3.59. The Hall–Kier alpha value is -2.66. The molecule has 1 heterocycles. The maximum absolute atomic E-state index is 13.1. The number of carbonyl (C=O) groups is 2. The van der Waals surface area contributed by atoms with Crippen molar-refractivity contribution in [2.75, 3.05) is 19.7 Å². The van der Waals surface area contributed by atoms with Crippen molar-refractivity contribution >= 4 is 11.8 Å². The molecule has 0 aliphatic carbocycles. The molecule has 148 valence electrons. The second-order valence-electron chi connectivity index (χ2n) is 7.65. The Kier molecular flexibility index (Phi) is 6.15. The smallest absolute Gasteiger partial charge is 0.254 e. The minimum Gasteiger partial charge on any atom is -0.361 e. The number of hydrogen-bond donors (Lipinski definition) is 1. The van der Waals surface area contributed by atoms with Gasteiger partial charge in [0.1, 0.15) is 0 Å². The molecule has 0 unspecified atom stereocenters. The first kappa shape index (κ1) is 20.1. The van der Waals surface area contributed by atoms with Crippen molar-refractivity contribution in [1.82, 2.24) is 10.2 Å². The summed E-state index contributed by atoms with van der Waals surface area (Å²) in [6, 6.07) is 18.3. The molecule has 2 amide bonds. The molecule has 2 aromatic rings. The van der Waals surface area contributed by atoms with Crippen molar-refractivity contribution < 1.29 is 14.3 Å². The van der Waals surface area contributed by atoms with Gasteiger partial charge in [-0.2, -0.15) is 0 Å². The second kappa shape index (κ2) is 8.57. The molecule has 0 aromatic heterocycles. The van der Waals surface area contributed by atoms with Gasteiger partial charge in [-0.3, -0.25) is 9.59 Å². The summed E-state index contributed by atoms with van der Waals surface area (Å²) in [5.74, 6) is -0.207. The lowest BCUT2D eigenvalue weighted by atomic mass is 9.89. The SMILES string of the molecule is CC(=O)N1CCO[C@](Cc2cccc(-c3ccccc3)c2)(C(=O)NC(C)C)C1. The molecule has 0 spiro atoms. The highest BCUT2D eigenvalue weighted by Crippen LogP contribution is 2.27. The van der Waals surface area contributed by atoms with Crippen molar-refractivity contribution in [3.05, 3.63) is 60.2 Å². The number of nitrogens with one attached hydrogen (secondary N) is 1. The zero-order chi connectivity index (χ0) is 20.1. The highest BCUT2D eigenvalue weighted by atomic mass is 16.5. The molecule has 5 heteroatoms. The number of nitrogens with zero attached hydrogens (tertiary/aromatic N) is 1. The fourth-order valence-corrected chi connectivity index (χ4v) is 3.59. The van der Waals surface area contributed by atoms with E-state index >= 15 is 0 Å². The first-order valence-corrected chi connectivity index (χ1v) is 9.74. The van der Waals surface area contributed by atoms with Gasteiger partial charge in [0.15, 0.2) is 5.60 Å². The van der Waals surface area contributed by atoms with Gasteiger partial charge in [0.05, 0.1) is 13.2 Å². The Morgan fingerprint density at radius 2 is 1.82 bits per heavy atom. The molecule has 1 fully saturated rings. The number of hydrogen-bond acceptors (Lipinski definition) is 3. The average molecular weight is 380 g/mol. The molecule has 1 N–H and O–H groups in total. The Morgan fingerprint density at radius 3 is 2.50 bits per heavy atom. The van der Waals surface area contributed by atoms with Crippen molar-refractivity contribution in [3.63, 3.8) is 0 Å². The van der Waals surface area contributed by atoms with Gasteiger partial charge in [0.25, 0.3) is 5.91 Å². The zero-order valence-electron chi connectivity index (χ0n) is 16.8. The third kappa shape index (κ3) is 4.60. The summed E-state index contributed by atoms with van der Waals surface area (Å²) in [7, 11) is 0. The summed E-state index contributed by atoms with van der Waals surface area (Å²) in [5.41, 5.74) is 2.14. The molecule has 0 saturated carbocycles. The van der Waals surface area contributed by atoms with E-state index in [1.807, 2.05) is 44.2 Å². The lowest BCUT2D eigenvalue weighted by molar-refractivity contribution is -0.165. The van der Waals surface area contributed by atoms with E-state index in [1.165, 1.54) is 6.92 Å². The van der Waals surface area contributed by atoms with Crippen LogP contribution in [-0.2, 0) is 20.7 Å². The third-order valence-electron chi connectivity index (χ3n) is 4.99. The monoisotopic (exact) mass is 380 g/mol. The minimum absolute atomic E-state index is 0.00340. The molecule has 1 aliphatic heterocycles. The van der Waals surface area contributed by atoms with E-state index in [4.69, 9.17) is 4.74 Å². The molecule has 0 bridgehead atoms. The van der Waals surface area contributed by atoms with Crippen molar-refractivity contribution in [2.45, 2.75) is 38.8 Å². The van der Waals surface area contributed by atoms with Gasteiger partial charge in [-0.25, -0.2) is 0 Å². The number of ether oxygens (including phenoxy) is 1. The minimum atomic E-state index is -1.08. The summed E-state index contributed by atoms with van der Waals surface area (Å²) in [6.07, 6.45) is 0.413. The van der Waals surface area contributed by atoms with Crippen LogP contribution in [0.5, 0.6) is 0 Å². The van der Waals surface area contributed by atoms with Crippen molar-refractivity contribution in [3.8, 4) is 11.1 Å². The van der Waals surface area contributed by atoms with Crippen LogP contribution in [0.15, 0.2) is 54.6 Å². The third-order valence-corrected chi connectivity index (χ3v) is 4.99. The average Bonchev–Trinajstić information content (AvgIpc) is 2.68. The molecule has 28 heavy (non-hydrogen) atoms. The number of benzene rings is 2. The number of morpholine rings is 1. The van der Waals surface area contributed by atoms with Gasteiger partial charge in [-0.05, 0) is 30.5 Å². The maximum Gasteiger partial charge on any atom is 0.254 e. The predicted octanol–water partition coefficient (Wildman–Crippen LogP) is 3.04. The van der Waals surface area contributed by atoms with Crippen LogP contribution in [0.4, 0.5) is 0 Å². The lowest BCUT2D eigenvalue weighted by Gasteiger charge is -2.41. The summed E-state index contributed by atoms with van der Waals surface area (Å²) < 4.78 is 6.05. The molecule has 1 atom stereocenters. The zero-order valence-corrected chi connectivity index (χ0v) is 16.8. The maximum atomic E-state index is 13.1. The van der Waals surface area contributed by atoms with E-state index in [-0.39, 0.29) is 24.4 Å². The van der Waals surface area contributed by atoms with Gasteiger partial charge in [0, 0.05) is 25.9 Å². The van der Waals surface area contributed by atoms with Crippen LogP contribution in [0.2, 0.25) is 0 Å². The number of carbonyl (C=O) groups excluding carboxylic acids is 2. The van der Waals surface area contributed by atoms with E-state index in [2.05, 4.69) is 29.6 Å². The summed E-state index contributed by atoms with van der Waals surface area (Å²) in [5, 5.41) is 2.98. The highest BCUT2D eigenvalue weighted by Gasteiger charge is 2.44. The molecule has 3 rings (SSSR count). The van der Waals surface area contributed by atoms with E-state index < -0.39 is 5.60 Å². The Bertz CT molecular complexity index is 835. The summed E-state index contributed by atoms with van der Waals surface area (Å²) in [4.78, 5) is 26.7. The van der Waals surface area contributed by atoms with Gasteiger partial charge in [-0.15, -0.1) is 0 Å². The van der Waals surface area contributed by atoms with E-state index in [0.29, 0.717) is 19.6 Å². The Morgan fingerprint density at radius 1 is 1.11 bits per heavy atom. The quantitative estimate of drug-likeness (QED) is 0.867. The Labute approximate surface area is 166 Å². The molecule has 2 aromatic carbocycles. The molecule has 5 nitrogen and oxygen atoms in total. The molecular formula is C23H28N2O3. The van der Waals surface area contributed by atoms with Gasteiger partial charge >= 0.3 is 0 Å². The first-order chi connectivity index (χ1) is 13.4. The highest BCUT2D eigenvalue weighted by molar-refractivity contribution is 5.87. The second-order valence-corrected chi connectivity index (χ2v) is 7.65. The van der Waals surface area contributed by atoms with Gasteiger partial charge in [0.2, 0.25) is 5.91 Å². The van der Waals surface area contributed by atoms with Gasteiger partial charge in [-0.1, -0.05) is 54.6 Å². The lowest BCUT2D eigenvalue weighted by Crippen LogP contribution is -2.62. The topological polar surface area (TPSA) is 58.6 Å². The first-order valence-electron chi connectivity index (χ1n) is 9.74. The number of rotatable bonds is 5. The summed E-state index contributed by atoms with van der Waals surface area (Å²) in [6.45, 7) is 6.50. The van der Waals surface area contributed by atoms with E-state index in [0.717, 1.165) is 16.7 Å². The largest absolute Gasteiger partial charge is 0.361 e. The molecule has 1 saturated heterocycles. The van der Waals surface area contributed by atoms with E-state index in [9.17, 15) is 9.59 Å². The van der Waals surface area contributed by atoms with Crippen LogP contribution in [0.1, 0.15) is 26.3 Å². The van der Waals surface area contributed by atoms with E-state index in [1.54, 1.807) is 4.90 Å². The van der Waals surface area contributed by atoms with Crippen molar-refractivity contribution in [1.29, 1.82) is 0 Å².